The third-order valence-corrected chi connectivity index (χ3v) is 3.76. The summed E-state index contributed by atoms with van der Waals surface area (Å²) in [6.45, 7) is 3.20. The topological polar surface area (TPSA) is 12.0 Å². The standard InChI is InChI=1S/C16H21Cl2N/c1-3-5-6-7-14(19-10-4-2)11-13-8-9-15(17)16(18)12-13/h1,8-9,12,14,19H,4-7,10-11H2,2H3. The molecule has 0 aromatic heterocycles. The lowest BCUT2D eigenvalue weighted by molar-refractivity contribution is 0.467. The maximum Gasteiger partial charge on any atom is 0.0595 e. The second-order valence-corrected chi connectivity index (χ2v) is 5.51. The molecule has 0 fully saturated rings. The molecule has 0 spiro atoms. The fourth-order valence-electron chi connectivity index (χ4n) is 2.03. The summed E-state index contributed by atoms with van der Waals surface area (Å²) in [6, 6.07) is 6.30. The van der Waals surface area contributed by atoms with Gasteiger partial charge in [0.15, 0.2) is 0 Å². The van der Waals surface area contributed by atoms with Crippen LogP contribution in [0.5, 0.6) is 0 Å². The molecule has 0 aliphatic carbocycles. The Labute approximate surface area is 126 Å². The molecule has 0 aliphatic rings. The van der Waals surface area contributed by atoms with Gasteiger partial charge in [0.25, 0.3) is 0 Å². The normalized spacial score (nSPS) is 12.1. The Morgan fingerprint density at radius 2 is 2.11 bits per heavy atom. The van der Waals surface area contributed by atoms with Gasteiger partial charge >= 0.3 is 0 Å². The van der Waals surface area contributed by atoms with E-state index < -0.39 is 0 Å². The Bertz CT molecular complexity index is 423. The number of hydrogen-bond acceptors (Lipinski definition) is 1. The lowest BCUT2D eigenvalue weighted by Gasteiger charge is -2.18. The second kappa shape index (κ2) is 9.26. The van der Waals surface area contributed by atoms with Crippen LogP contribution < -0.4 is 5.32 Å². The second-order valence-electron chi connectivity index (χ2n) is 4.70. The highest BCUT2D eigenvalue weighted by molar-refractivity contribution is 6.42. The van der Waals surface area contributed by atoms with Crippen molar-refractivity contribution in [1.29, 1.82) is 0 Å². The van der Waals surface area contributed by atoms with Crippen LogP contribution in [0.1, 0.15) is 38.2 Å². The number of nitrogens with one attached hydrogen (secondary N) is 1. The largest absolute Gasteiger partial charge is 0.314 e. The zero-order valence-corrected chi connectivity index (χ0v) is 12.9. The van der Waals surface area contributed by atoms with Gasteiger partial charge in [-0.05, 0) is 49.9 Å². The van der Waals surface area contributed by atoms with Crippen LogP contribution in [-0.2, 0) is 6.42 Å². The number of halogens is 2. The van der Waals surface area contributed by atoms with Crippen molar-refractivity contribution in [2.75, 3.05) is 6.54 Å². The van der Waals surface area contributed by atoms with Crippen molar-refractivity contribution < 1.29 is 0 Å². The van der Waals surface area contributed by atoms with Crippen LogP contribution in [-0.4, -0.2) is 12.6 Å². The van der Waals surface area contributed by atoms with E-state index in [2.05, 4.69) is 18.2 Å². The van der Waals surface area contributed by atoms with Crippen LogP contribution in [0, 0.1) is 12.3 Å². The maximum atomic E-state index is 6.05. The van der Waals surface area contributed by atoms with Gasteiger partial charge in [0, 0.05) is 12.5 Å². The molecule has 19 heavy (non-hydrogen) atoms. The Kier molecular flexibility index (Phi) is 7.98. The molecule has 0 bridgehead atoms. The minimum atomic E-state index is 0.450. The van der Waals surface area contributed by atoms with E-state index >= 15 is 0 Å². The SMILES string of the molecule is C#CCCCC(Cc1ccc(Cl)c(Cl)c1)NCCC. The zero-order valence-electron chi connectivity index (χ0n) is 11.4. The summed E-state index contributed by atoms with van der Waals surface area (Å²) in [5, 5.41) is 4.80. The molecule has 1 rings (SSSR count). The Balaban J connectivity index is 2.59. The molecule has 1 unspecified atom stereocenters. The summed E-state index contributed by atoms with van der Waals surface area (Å²) in [5.74, 6) is 2.69. The van der Waals surface area contributed by atoms with Crippen LogP contribution >= 0.6 is 23.2 Å². The fourth-order valence-corrected chi connectivity index (χ4v) is 2.35. The van der Waals surface area contributed by atoms with Crippen molar-refractivity contribution in [3.63, 3.8) is 0 Å². The summed E-state index contributed by atoms with van der Waals surface area (Å²) in [4.78, 5) is 0. The first kappa shape index (κ1) is 16.4. The van der Waals surface area contributed by atoms with E-state index in [-0.39, 0.29) is 0 Å². The van der Waals surface area contributed by atoms with Gasteiger partial charge in [0.1, 0.15) is 0 Å². The molecule has 104 valence electrons. The quantitative estimate of drug-likeness (QED) is 0.541. The van der Waals surface area contributed by atoms with Gasteiger partial charge in [0.2, 0.25) is 0 Å². The molecule has 1 nitrogen and oxygen atoms in total. The van der Waals surface area contributed by atoms with Gasteiger partial charge in [0.05, 0.1) is 10.0 Å². The van der Waals surface area contributed by atoms with Gasteiger partial charge < -0.3 is 5.32 Å². The zero-order chi connectivity index (χ0) is 14.1. The average Bonchev–Trinajstić information content (AvgIpc) is 2.40. The van der Waals surface area contributed by atoms with Crippen LogP contribution in [0.25, 0.3) is 0 Å². The van der Waals surface area contributed by atoms with Crippen LogP contribution in [0.2, 0.25) is 10.0 Å². The fraction of sp³-hybridized carbons (Fsp3) is 0.500. The van der Waals surface area contributed by atoms with E-state index in [0.717, 1.165) is 38.6 Å². The van der Waals surface area contributed by atoms with E-state index in [1.807, 2.05) is 18.2 Å². The maximum absolute atomic E-state index is 6.05. The number of benzene rings is 1. The molecule has 3 heteroatoms. The van der Waals surface area contributed by atoms with E-state index in [4.69, 9.17) is 29.6 Å². The molecule has 1 N–H and O–H groups in total. The number of hydrogen-bond donors (Lipinski definition) is 1. The Morgan fingerprint density at radius 3 is 2.74 bits per heavy atom. The lowest BCUT2D eigenvalue weighted by Crippen LogP contribution is -2.31. The predicted molar refractivity (Wildman–Crippen MR) is 84.9 cm³/mol. The molecule has 0 heterocycles. The number of unbranched alkanes of at least 4 members (excludes halogenated alkanes) is 1. The van der Waals surface area contributed by atoms with E-state index in [9.17, 15) is 0 Å². The summed E-state index contributed by atoms with van der Waals surface area (Å²) in [7, 11) is 0. The molecule has 1 atom stereocenters. The summed E-state index contributed by atoms with van der Waals surface area (Å²) in [5.41, 5.74) is 1.21. The lowest BCUT2D eigenvalue weighted by atomic mass is 10.0. The first-order valence-corrected chi connectivity index (χ1v) is 7.53. The first-order chi connectivity index (χ1) is 9.17. The van der Waals surface area contributed by atoms with Crippen LogP contribution in [0.15, 0.2) is 18.2 Å². The number of rotatable bonds is 8. The molecule has 0 amide bonds. The van der Waals surface area contributed by atoms with Gasteiger partial charge in [-0.1, -0.05) is 36.2 Å². The molecular formula is C16H21Cl2N. The number of terminal acetylenes is 1. The minimum Gasteiger partial charge on any atom is -0.314 e. The van der Waals surface area contributed by atoms with Crippen molar-refractivity contribution >= 4 is 23.2 Å². The summed E-state index contributed by atoms with van der Waals surface area (Å²) >= 11 is 12.0. The van der Waals surface area contributed by atoms with Crippen molar-refractivity contribution in [3.05, 3.63) is 33.8 Å². The van der Waals surface area contributed by atoms with E-state index in [0.29, 0.717) is 16.1 Å². The van der Waals surface area contributed by atoms with E-state index in [1.54, 1.807) is 0 Å². The van der Waals surface area contributed by atoms with Gasteiger partial charge in [-0.25, -0.2) is 0 Å². The Hall–Kier alpha value is -0.680. The first-order valence-electron chi connectivity index (χ1n) is 6.78. The molecule has 0 aliphatic heterocycles. The molecule has 1 aromatic rings. The predicted octanol–water partition coefficient (Wildman–Crippen LogP) is 4.71. The summed E-state index contributed by atoms with van der Waals surface area (Å²) < 4.78 is 0. The van der Waals surface area contributed by atoms with Crippen molar-refractivity contribution in [1.82, 2.24) is 5.32 Å². The van der Waals surface area contributed by atoms with E-state index in [1.165, 1.54) is 5.56 Å². The molecule has 0 radical (unpaired) electrons. The smallest absolute Gasteiger partial charge is 0.0595 e. The highest BCUT2D eigenvalue weighted by atomic mass is 35.5. The summed E-state index contributed by atoms with van der Waals surface area (Å²) in [6.07, 6.45) is 10.4. The highest BCUT2D eigenvalue weighted by Gasteiger charge is 2.09. The van der Waals surface area contributed by atoms with Crippen LogP contribution in [0.3, 0.4) is 0 Å². The molecular weight excluding hydrogens is 277 g/mol. The van der Waals surface area contributed by atoms with Gasteiger partial charge in [-0.15, -0.1) is 12.3 Å². The van der Waals surface area contributed by atoms with Gasteiger partial charge in [-0.3, -0.25) is 0 Å². The monoisotopic (exact) mass is 297 g/mol. The average molecular weight is 298 g/mol. The van der Waals surface area contributed by atoms with Crippen molar-refractivity contribution in [2.24, 2.45) is 0 Å². The van der Waals surface area contributed by atoms with Gasteiger partial charge in [-0.2, -0.15) is 0 Å². The minimum absolute atomic E-state index is 0.450. The molecule has 0 saturated heterocycles. The highest BCUT2D eigenvalue weighted by Crippen LogP contribution is 2.23. The molecule has 1 aromatic carbocycles. The molecule has 0 saturated carbocycles. The van der Waals surface area contributed by atoms with Crippen LogP contribution in [0.4, 0.5) is 0 Å². The third kappa shape index (κ3) is 6.34. The van der Waals surface area contributed by atoms with Crippen molar-refractivity contribution in [2.45, 2.75) is 45.1 Å². The third-order valence-electron chi connectivity index (χ3n) is 3.02. The Morgan fingerprint density at radius 1 is 1.32 bits per heavy atom. The van der Waals surface area contributed by atoms with Crippen molar-refractivity contribution in [3.8, 4) is 12.3 Å².